The zero-order valence-corrected chi connectivity index (χ0v) is 15.3. The van der Waals surface area contributed by atoms with Crippen LogP contribution in [0, 0.1) is 0 Å². The molecule has 0 spiro atoms. The van der Waals surface area contributed by atoms with Gasteiger partial charge in [0.2, 0.25) is 0 Å². The number of carbonyl (C=O) groups is 1. The zero-order chi connectivity index (χ0) is 18.2. The first-order chi connectivity index (χ1) is 12.8. The fourth-order valence-corrected chi connectivity index (χ4v) is 2.95. The highest BCUT2D eigenvalue weighted by molar-refractivity contribution is 7.99. The summed E-state index contributed by atoms with van der Waals surface area (Å²) in [4.78, 5) is 19.6. The van der Waals surface area contributed by atoms with Gasteiger partial charge in [0.25, 0.3) is 5.91 Å². The average molecular weight is 368 g/mol. The summed E-state index contributed by atoms with van der Waals surface area (Å²) in [6, 6.07) is 15.3. The Labute approximate surface area is 156 Å². The molecule has 1 heterocycles. The first kappa shape index (κ1) is 18.0. The van der Waals surface area contributed by atoms with Crippen molar-refractivity contribution in [2.45, 2.75) is 18.5 Å². The number of benzene rings is 2. The normalized spacial score (nSPS) is 11.1. The Morgan fingerprint density at radius 3 is 2.92 bits per heavy atom. The van der Waals surface area contributed by atoms with Crippen molar-refractivity contribution in [3.8, 4) is 5.75 Å². The number of hydrazone groups is 1. The standard InChI is InChI=1S/C19H20N4O2S/c1-2-11-25-17-10-6-3-7-14(17)12-20-23-18(24)13-26-19-21-15-8-4-5-9-16(15)22-19/h3-10,12H,2,11,13H2,1H3,(H,21,22)(H,23,24)/b20-12+. The van der Waals surface area contributed by atoms with Crippen LogP contribution in [-0.4, -0.2) is 34.4 Å². The third-order valence-corrected chi connectivity index (χ3v) is 4.35. The first-order valence-electron chi connectivity index (χ1n) is 8.37. The molecule has 1 amide bonds. The molecule has 1 aromatic heterocycles. The van der Waals surface area contributed by atoms with E-state index in [4.69, 9.17) is 4.74 Å². The second-order valence-corrected chi connectivity index (χ2v) is 6.49. The van der Waals surface area contributed by atoms with E-state index in [0.29, 0.717) is 11.8 Å². The van der Waals surface area contributed by atoms with E-state index < -0.39 is 0 Å². The first-order valence-corrected chi connectivity index (χ1v) is 9.36. The molecule has 0 saturated carbocycles. The number of para-hydroxylation sites is 3. The van der Waals surface area contributed by atoms with Gasteiger partial charge in [0, 0.05) is 5.56 Å². The number of nitrogens with zero attached hydrogens (tertiary/aromatic N) is 2. The fraction of sp³-hybridized carbons (Fsp3) is 0.211. The molecule has 0 fully saturated rings. The van der Waals surface area contributed by atoms with E-state index in [-0.39, 0.29) is 11.7 Å². The summed E-state index contributed by atoms with van der Waals surface area (Å²) >= 11 is 1.34. The largest absolute Gasteiger partial charge is 0.493 e. The predicted molar refractivity (Wildman–Crippen MR) is 105 cm³/mol. The molecular weight excluding hydrogens is 348 g/mol. The Balaban J connectivity index is 1.51. The monoisotopic (exact) mass is 368 g/mol. The highest BCUT2D eigenvalue weighted by Crippen LogP contribution is 2.19. The lowest BCUT2D eigenvalue weighted by atomic mass is 10.2. The number of hydrogen-bond donors (Lipinski definition) is 2. The van der Waals surface area contributed by atoms with Crippen molar-refractivity contribution in [1.29, 1.82) is 0 Å². The van der Waals surface area contributed by atoms with E-state index >= 15 is 0 Å². The summed E-state index contributed by atoms with van der Waals surface area (Å²) in [5, 5.41) is 4.73. The van der Waals surface area contributed by atoms with Gasteiger partial charge >= 0.3 is 0 Å². The van der Waals surface area contributed by atoms with Gasteiger partial charge < -0.3 is 9.72 Å². The molecule has 0 unspecified atom stereocenters. The minimum Gasteiger partial charge on any atom is -0.493 e. The van der Waals surface area contributed by atoms with E-state index in [1.54, 1.807) is 6.21 Å². The molecule has 3 rings (SSSR count). The van der Waals surface area contributed by atoms with Crippen LogP contribution in [0.15, 0.2) is 58.8 Å². The molecule has 2 aromatic carbocycles. The van der Waals surface area contributed by atoms with Crippen molar-refractivity contribution in [3.63, 3.8) is 0 Å². The molecule has 0 aliphatic rings. The van der Waals surface area contributed by atoms with Gasteiger partial charge in [-0.2, -0.15) is 5.10 Å². The van der Waals surface area contributed by atoms with E-state index in [9.17, 15) is 4.79 Å². The number of rotatable bonds is 8. The summed E-state index contributed by atoms with van der Waals surface area (Å²) < 4.78 is 5.66. The van der Waals surface area contributed by atoms with E-state index in [1.807, 2.05) is 48.5 Å². The van der Waals surface area contributed by atoms with Crippen LogP contribution in [0.3, 0.4) is 0 Å². The van der Waals surface area contributed by atoms with Crippen molar-refractivity contribution in [2.75, 3.05) is 12.4 Å². The van der Waals surface area contributed by atoms with Gasteiger partial charge in [0.05, 0.1) is 29.6 Å². The minimum atomic E-state index is -0.196. The molecule has 0 atom stereocenters. The smallest absolute Gasteiger partial charge is 0.250 e. The second-order valence-electron chi connectivity index (χ2n) is 5.53. The van der Waals surface area contributed by atoms with Crippen molar-refractivity contribution >= 4 is 34.9 Å². The van der Waals surface area contributed by atoms with Crippen molar-refractivity contribution in [3.05, 3.63) is 54.1 Å². The van der Waals surface area contributed by atoms with Crippen LogP contribution in [0.5, 0.6) is 5.75 Å². The maximum atomic E-state index is 12.0. The Morgan fingerprint density at radius 2 is 2.08 bits per heavy atom. The average Bonchev–Trinajstić information content (AvgIpc) is 3.08. The van der Waals surface area contributed by atoms with Crippen LogP contribution < -0.4 is 10.2 Å². The third kappa shape index (κ3) is 4.86. The van der Waals surface area contributed by atoms with E-state index in [1.165, 1.54) is 11.8 Å². The molecule has 0 bridgehead atoms. The molecule has 2 N–H and O–H groups in total. The summed E-state index contributed by atoms with van der Waals surface area (Å²) in [5.74, 6) is 0.785. The molecular formula is C19H20N4O2S. The number of carbonyl (C=O) groups excluding carboxylic acids is 1. The van der Waals surface area contributed by atoms with Crippen LogP contribution in [-0.2, 0) is 4.79 Å². The Bertz CT molecular complexity index is 874. The number of ether oxygens (including phenoxy) is 1. The number of aromatic amines is 1. The van der Waals surface area contributed by atoms with Gasteiger partial charge in [0.1, 0.15) is 5.75 Å². The molecule has 0 aliphatic carbocycles. The number of imidazole rings is 1. The SMILES string of the molecule is CCCOc1ccccc1/C=N/NC(=O)CSc1nc2ccccc2[nH]1. The minimum absolute atomic E-state index is 0.196. The Morgan fingerprint density at radius 1 is 1.27 bits per heavy atom. The van der Waals surface area contributed by atoms with Crippen molar-refractivity contribution in [1.82, 2.24) is 15.4 Å². The summed E-state index contributed by atoms with van der Waals surface area (Å²) in [7, 11) is 0. The van der Waals surface area contributed by atoms with Gasteiger partial charge in [-0.3, -0.25) is 4.79 Å². The fourth-order valence-electron chi connectivity index (χ4n) is 2.27. The maximum absolute atomic E-state index is 12.0. The topological polar surface area (TPSA) is 79.4 Å². The quantitative estimate of drug-likeness (QED) is 0.362. The number of hydrogen-bond acceptors (Lipinski definition) is 5. The lowest BCUT2D eigenvalue weighted by Gasteiger charge is -2.07. The second kappa shape index (κ2) is 9.05. The van der Waals surface area contributed by atoms with Crippen molar-refractivity contribution in [2.24, 2.45) is 5.10 Å². The molecule has 0 saturated heterocycles. The molecule has 6 nitrogen and oxygen atoms in total. The zero-order valence-electron chi connectivity index (χ0n) is 14.4. The van der Waals surface area contributed by atoms with E-state index in [2.05, 4.69) is 27.4 Å². The van der Waals surface area contributed by atoms with Gasteiger partial charge in [-0.15, -0.1) is 0 Å². The highest BCUT2D eigenvalue weighted by atomic mass is 32.2. The lowest BCUT2D eigenvalue weighted by Crippen LogP contribution is -2.19. The Hall–Kier alpha value is -2.80. The van der Waals surface area contributed by atoms with Gasteiger partial charge in [-0.1, -0.05) is 43.0 Å². The van der Waals surface area contributed by atoms with Crippen LogP contribution in [0.1, 0.15) is 18.9 Å². The Kier molecular flexibility index (Phi) is 6.27. The van der Waals surface area contributed by atoms with Crippen LogP contribution in [0.2, 0.25) is 0 Å². The number of thioether (sulfide) groups is 1. The van der Waals surface area contributed by atoms with Crippen molar-refractivity contribution < 1.29 is 9.53 Å². The van der Waals surface area contributed by atoms with Gasteiger partial charge in [-0.25, -0.2) is 10.4 Å². The van der Waals surface area contributed by atoms with Gasteiger partial charge in [0.15, 0.2) is 5.16 Å². The predicted octanol–water partition coefficient (Wildman–Crippen LogP) is 3.59. The maximum Gasteiger partial charge on any atom is 0.250 e. The molecule has 7 heteroatoms. The number of amides is 1. The van der Waals surface area contributed by atoms with Crippen LogP contribution in [0.4, 0.5) is 0 Å². The number of aromatic nitrogens is 2. The summed E-state index contributed by atoms with van der Waals surface area (Å²) in [6.45, 7) is 2.70. The lowest BCUT2D eigenvalue weighted by molar-refractivity contribution is -0.118. The molecule has 0 radical (unpaired) electrons. The molecule has 26 heavy (non-hydrogen) atoms. The van der Waals surface area contributed by atoms with Crippen LogP contribution in [0.25, 0.3) is 11.0 Å². The molecule has 134 valence electrons. The van der Waals surface area contributed by atoms with Gasteiger partial charge in [-0.05, 0) is 30.7 Å². The number of fused-ring (bicyclic) bond motifs is 1. The highest BCUT2D eigenvalue weighted by Gasteiger charge is 2.06. The summed E-state index contributed by atoms with van der Waals surface area (Å²) in [6.07, 6.45) is 2.52. The summed E-state index contributed by atoms with van der Waals surface area (Å²) in [5.41, 5.74) is 5.20. The number of nitrogens with one attached hydrogen (secondary N) is 2. The number of H-pyrrole nitrogens is 1. The third-order valence-electron chi connectivity index (χ3n) is 3.48. The molecule has 3 aromatic rings. The van der Waals surface area contributed by atoms with Crippen LogP contribution >= 0.6 is 11.8 Å². The molecule has 0 aliphatic heterocycles. The van der Waals surface area contributed by atoms with E-state index in [0.717, 1.165) is 28.8 Å².